The van der Waals surface area contributed by atoms with Crippen LogP contribution in [0.1, 0.15) is 11.1 Å². The second-order valence-corrected chi connectivity index (χ2v) is 8.13. The zero-order chi connectivity index (χ0) is 20.2. The first-order valence-corrected chi connectivity index (χ1v) is 10.8. The van der Waals surface area contributed by atoms with E-state index in [0.717, 1.165) is 38.1 Å². The highest BCUT2D eigenvalue weighted by Crippen LogP contribution is 2.25. The van der Waals surface area contributed by atoms with E-state index in [2.05, 4.69) is 99.7 Å². The SMILES string of the molecule is c1ccc(CC2CN(c3ccc4ncccc4c3)CCN2Cc2ccccc2)cc1. The number of pyridine rings is 1. The summed E-state index contributed by atoms with van der Waals surface area (Å²) in [6.45, 7) is 4.16. The van der Waals surface area contributed by atoms with Gasteiger partial charge in [-0.3, -0.25) is 9.88 Å². The second kappa shape index (κ2) is 8.68. The van der Waals surface area contributed by atoms with Crippen molar-refractivity contribution in [2.45, 2.75) is 19.0 Å². The molecule has 1 atom stereocenters. The molecule has 0 saturated carbocycles. The minimum Gasteiger partial charge on any atom is -0.369 e. The van der Waals surface area contributed by atoms with E-state index in [-0.39, 0.29) is 0 Å². The molecule has 3 heteroatoms. The van der Waals surface area contributed by atoms with Crippen molar-refractivity contribution < 1.29 is 0 Å². The van der Waals surface area contributed by atoms with Crippen molar-refractivity contribution in [3.8, 4) is 0 Å². The quantitative estimate of drug-likeness (QED) is 0.466. The van der Waals surface area contributed by atoms with E-state index in [1.807, 2.05) is 12.3 Å². The van der Waals surface area contributed by atoms with E-state index >= 15 is 0 Å². The van der Waals surface area contributed by atoms with Crippen LogP contribution in [0.4, 0.5) is 5.69 Å². The van der Waals surface area contributed by atoms with Crippen molar-refractivity contribution >= 4 is 16.6 Å². The minimum absolute atomic E-state index is 0.478. The summed E-state index contributed by atoms with van der Waals surface area (Å²) >= 11 is 0. The highest BCUT2D eigenvalue weighted by molar-refractivity contribution is 5.82. The molecular formula is C27H27N3. The van der Waals surface area contributed by atoms with Crippen LogP contribution in [0.2, 0.25) is 0 Å². The van der Waals surface area contributed by atoms with Crippen LogP contribution >= 0.6 is 0 Å². The van der Waals surface area contributed by atoms with Crippen molar-refractivity contribution in [3.05, 3.63) is 108 Å². The van der Waals surface area contributed by atoms with E-state index in [4.69, 9.17) is 0 Å². The van der Waals surface area contributed by atoms with Gasteiger partial charge in [0.15, 0.2) is 0 Å². The molecule has 3 nitrogen and oxygen atoms in total. The van der Waals surface area contributed by atoms with E-state index in [0.29, 0.717) is 6.04 Å². The zero-order valence-electron chi connectivity index (χ0n) is 17.2. The highest BCUT2D eigenvalue weighted by Gasteiger charge is 2.27. The first-order valence-electron chi connectivity index (χ1n) is 10.8. The molecule has 30 heavy (non-hydrogen) atoms. The Balaban J connectivity index is 1.39. The third-order valence-corrected chi connectivity index (χ3v) is 6.10. The molecule has 1 aliphatic heterocycles. The maximum Gasteiger partial charge on any atom is 0.0703 e. The summed E-state index contributed by atoms with van der Waals surface area (Å²) in [6, 6.07) is 33.0. The van der Waals surface area contributed by atoms with Crippen LogP contribution in [0.5, 0.6) is 0 Å². The van der Waals surface area contributed by atoms with Crippen LogP contribution in [0, 0.1) is 0 Å². The first kappa shape index (κ1) is 18.8. The lowest BCUT2D eigenvalue weighted by atomic mass is 10.0. The Bertz CT molecular complexity index is 1090. The summed E-state index contributed by atoms with van der Waals surface area (Å²) in [7, 11) is 0. The molecule has 1 aliphatic rings. The molecule has 150 valence electrons. The minimum atomic E-state index is 0.478. The smallest absolute Gasteiger partial charge is 0.0703 e. The number of rotatable bonds is 5. The maximum atomic E-state index is 4.47. The Kier molecular flexibility index (Phi) is 5.45. The monoisotopic (exact) mass is 393 g/mol. The van der Waals surface area contributed by atoms with Gasteiger partial charge < -0.3 is 4.90 Å². The molecule has 0 N–H and O–H groups in total. The van der Waals surface area contributed by atoms with E-state index in [9.17, 15) is 0 Å². The van der Waals surface area contributed by atoms with Crippen LogP contribution in [0.3, 0.4) is 0 Å². The van der Waals surface area contributed by atoms with Crippen LogP contribution in [-0.4, -0.2) is 35.6 Å². The van der Waals surface area contributed by atoms with Gasteiger partial charge >= 0.3 is 0 Å². The largest absolute Gasteiger partial charge is 0.369 e. The fourth-order valence-corrected chi connectivity index (χ4v) is 4.49. The Morgan fingerprint density at radius 1 is 0.767 bits per heavy atom. The molecule has 0 amide bonds. The molecule has 0 bridgehead atoms. The molecule has 0 spiro atoms. The van der Waals surface area contributed by atoms with Crippen LogP contribution in [0.25, 0.3) is 10.9 Å². The molecule has 0 aliphatic carbocycles. The van der Waals surface area contributed by atoms with Crippen LogP contribution < -0.4 is 4.90 Å². The van der Waals surface area contributed by atoms with Gasteiger partial charge in [0, 0.05) is 49.5 Å². The van der Waals surface area contributed by atoms with E-state index < -0.39 is 0 Å². The number of benzene rings is 3. The van der Waals surface area contributed by atoms with Gasteiger partial charge in [-0.25, -0.2) is 0 Å². The Morgan fingerprint density at radius 2 is 1.53 bits per heavy atom. The molecular weight excluding hydrogens is 366 g/mol. The van der Waals surface area contributed by atoms with Crippen molar-refractivity contribution in [2.24, 2.45) is 0 Å². The summed E-state index contributed by atoms with van der Waals surface area (Å²) < 4.78 is 0. The van der Waals surface area contributed by atoms with Crippen molar-refractivity contribution in [1.29, 1.82) is 0 Å². The lowest BCUT2D eigenvalue weighted by Crippen LogP contribution is -2.53. The van der Waals surface area contributed by atoms with Gasteiger partial charge in [0.1, 0.15) is 0 Å². The van der Waals surface area contributed by atoms with E-state index in [1.165, 1.54) is 22.2 Å². The number of hydrogen-bond donors (Lipinski definition) is 0. The topological polar surface area (TPSA) is 19.4 Å². The summed E-state index contributed by atoms with van der Waals surface area (Å²) in [5, 5.41) is 1.21. The summed E-state index contributed by atoms with van der Waals surface area (Å²) in [5.74, 6) is 0. The molecule has 2 heterocycles. The number of piperazine rings is 1. The number of aromatic nitrogens is 1. The second-order valence-electron chi connectivity index (χ2n) is 8.13. The molecule has 1 fully saturated rings. The maximum absolute atomic E-state index is 4.47. The molecule has 1 saturated heterocycles. The summed E-state index contributed by atoms with van der Waals surface area (Å²) in [5.41, 5.74) is 5.16. The van der Waals surface area contributed by atoms with Gasteiger partial charge in [0.2, 0.25) is 0 Å². The molecule has 5 rings (SSSR count). The number of hydrogen-bond acceptors (Lipinski definition) is 3. The Hall–Kier alpha value is -3.17. The normalized spacial score (nSPS) is 17.3. The first-order chi connectivity index (χ1) is 14.8. The van der Waals surface area contributed by atoms with Crippen molar-refractivity contribution in [3.63, 3.8) is 0 Å². The third kappa shape index (κ3) is 4.22. The van der Waals surface area contributed by atoms with Crippen LogP contribution in [0.15, 0.2) is 97.2 Å². The van der Waals surface area contributed by atoms with Crippen LogP contribution in [-0.2, 0) is 13.0 Å². The number of nitrogens with zero attached hydrogens (tertiary/aromatic N) is 3. The average molecular weight is 394 g/mol. The summed E-state index contributed by atoms with van der Waals surface area (Å²) in [6.07, 6.45) is 2.93. The highest BCUT2D eigenvalue weighted by atomic mass is 15.3. The zero-order valence-corrected chi connectivity index (χ0v) is 17.2. The van der Waals surface area contributed by atoms with Gasteiger partial charge in [-0.05, 0) is 41.8 Å². The fraction of sp³-hybridized carbons (Fsp3) is 0.222. The van der Waals surface area contributed by atoms with Gasteiger partial charge in [0.25, 0.3) is 0 Å². The molecule has 4 aromatic rings. The predicted octanol–water partition coefficient (Wildman–Crippen LogP) is 5.17. The van der Waals surface area contributed by atoms with Gasteiger partial charge in [-0.2, -0.15) is 0 Å². The molecule has 1 unspecified atom stereocenters. The molecule has 3 aromatic carbocycles. The lowest BCUT2D eigenvalue weighted by Gasteiger charge is -2.43. The predicted molar refractivity (Wildman–Crippen MR) is 125 cm³/mol. The molecule has 0 radical (unpaired) electrons. The van der Waals surface area contributed by atoms with Crippen molar-refractivity contribution in [1.82, 2.24) is 9.88 Å². The Labute approximate surface area is 178 Å². The summed E-state index contributed by atoms with van der Waals surface area (Å²) in [4.78, 5) is 9.67. The Morgan fingerprint density at radius 3 is 2.33 bits per heavy atom. The van der Waals surface area contributed by atoms with E-state index in [1.54, 1.807) is 0 Å². The van der Waals surface area contributed by atoms with Gasteiger partial charge in [-0.15, -0.1) is 0 Å². The fourth-order valence-electron chi connectivity index (χ4n) is 4.49. The average Bonchev–Trinajstić information content (AvgIpc) is 2.81. The number of fused-ring (bicyclic) bond motifs is 1. The van der Waals surface area contributed by atoms with Crippen molar-refractivity contribution in [2.75, 3.05) is 24.5 Å². The standard InChI is InChI=1S/C27H27N3/c1-3-8-22(9-4-1)18-26-21-30(17-16-29(26)20-23-10-5-2-6-11-23)25-13-14-27-24(19-25)12-7-15-28-27/h1-15,19,26H,16-18,20-21H2. The molecule has 1 aromatic heterocycles. The van der Waals surface area contributed by atoms with Gasteiger partial charge in [0.05, 0.1) is 5.52 Å². The lowest BCUT2D eigenvalue weighted by molar-refractivity contribution is 0.167. The number of anilines is 1. The third-order valence-electron chi connectivity index (χ3n) is 6.10. The van der Waals surface area contributed by atoms with Gasteiger partial charge in [-0.1, -0.05) is 66.7 Å².